The molecule has 1 aromatic heterocycles. The van der Waals surface area contributed by atoms with Gasteiger partial charge in [0.1, 0.15) is 5.75 Å². The molecule has 2 N–H and O–H groups in total. The van der Waals surface area contributed by atoms with Crippen molar-refractivity contribution in [3.05, 3.63) is 48.2 Å². The van der Waals surface area contributed by atoms with Crippen LogP contribution in [0.25, 0.3) is 0 Å². The monoisotopic (exact) mass is 355 g/mol. The van der Waals surface area contributed by atoms with Crippen LogP contribution in [0.1, 0.15) is 31.2 Å². The quantitative estimate of drug-likeness (QED) is 0.703. The summed E-state index contributed by atoms with van der Waals surface area (Å²) in [5, 5.41) is 11.8. The van der Waals surface area contributed by atoms with Gasteiger partial charge in [0.2, 0.25) is 5.88 Å². The van der Waals surface area contributed by atoms with E-state index in [4.69, 9.17) is 9.84 Å². The van der Waals surface area contributed by atoms with Crippen LogP contribution in [0.4, 0.5) is 10.5 Å². The number of unbranched alkanes of at least 4 members (excludes halogenated alkanes) is 1. The first-order valence-electron chi connectivity index (χ1n) is 9.05. The van der Waals surface area contributed by atoms with Gasteiger partial charge in [0, 0.05) is 25.3 Å². The third-order valence-electron chi connectivity index (χ3n) is 4.29. The fourth-order valence-corrected chi connectivity index (χ4v) is 2.67. The van der Waals surface area contributed by atoms with E-state index < -0.39 is 0 Å². The van der Waals surface area contributed by atoms with Crippen molar-refractivity contribution in [1.82, 2.24) is 9.88 Å². The number of aromatic nitrogens is 1. The number of nitrogens with zero attached hydrogens (tertiary/aromatic N) is 2. The van der Waals surface area contributed by atoms with E-state index in [9.17, 15) is 4.79 Å². The van der Waals surface area contributed by atoms with Gasteiger partial charge < -0.3 is 20.1 Å². The lowest BCUT2D eigenvalue weighted by atomic mass is 10.2. The van der Waals surface area contributed by atoms with Gasteiger partial charge in [-0.05, 0) is 50.8 Å². The molecule has 1 aromatic carbocycles. The van der Waals surface area contributed by atoms with E-state index in [-0.39, 0.29) is 12.6 Å². The smallest absolute Gasteiger partial charge is 0.322 e. The van der Waals surface area contributed by atoms with E-state index in [0.717, 1.165) is 25.0 Å². The van der Waals surface area contributed by atoms with Crippen molar-refractivity contribution in [3.8, 4) is 11.6 Å². The number of benzene rings is 1. The van der Waals surface area contributed by atoms with E-state index in [1.165, 1.54) is 5.56 Å². The molecule has 0 radical (unpaired) electrons. The molecule has 1 heterocycles. The van der Waals surface area contributed by atoms with Crippen molar-refractivity contribution in [2.45, 2.75) is 38.6 Å². The number of hydrogen-bond donors (Lipinski definition) is 2. The predicted octanol–water partition coefficient (Wildman–Crippen LogP) is 3.95. The number of rotatable bonds is 8. The highest BCUT2D eigenvalue weighted by atomic mass is 16.5. The van der Waals surface area contributed by atoms with Crippen LogP contribution in [0.15, 0.2) is 42.6 Å². The van der Waals surface area contributed by atoms with E-state index in [2.05, 4.69) is 10.3 Å². The molecule has 1 fully saturated rings. The Morgan fingerprint density at radius 2 is 2.00 bits per heavy atom. The van der Waals surface area contributed by atoms with Gasteiger partial charge in [-0.25, -0.2) is 9.78 Å². The second kappa shape index (κ2) is 8.67. The molecule has 6 nitrogen and oxygen atoms in total. The van der Waals surface area contributed by atoms with Gasteiger partial charge in [0.05, 0.1) is 11.9 Å². The van der Waals surface area contributed by atoms with Crippen molar-refractivity contribution in [3.63, 3.8) is 0 Å². The van der Waals surface area contributed by atoms with Crippen LogP contribution in [0, 0.1) is 6.92 Å². The van der Waals surface area contributed by atoms with Crippen molar-refractivity contribution < 1.29 is 14.6 Å². The lowest BCUT2D eigenvalue weighted by Crippen LogP contribution is -2.37. The van der Waals surface area contributed by atoms with Gasteiger partial charge >= 0.3 is 6.03 Å². The molecule has 2 aromatic rings. The number of carbonyl (C=O) groups is 1. The van der Waals surface area contributed by atoms with Crippen LogP contribution < -0.4 is 10.1 Å². The highest BCUT2D eigenvalue weighted by molar-refractivity contribution is 5.89. The fourth-order valence-electron chi connectivity index (χ4n) is 2.67. The summed E-state index contributed by atoms with van der Waals surface area (Å²) in [6.07, 6.45) is 5.22. The second-order valence-electron chi connectivity index (χ2n) is 6.59. The molecule has 0 atom stereocenters. The van der Waals surface area contributed by atoms with Crippen LogP contribution in [-0.4, -0.2) is 40.2 Å². The Kier molecular flexibility index (Phi) is 6.07. The number of pyridine rings is 1. The zero-order valence-corrected chi connectivity index (χ0v) is 15.0. The van der Waals surface area contributed by atoms with Crippen LogP contribution in [-0.2, 0) is 0 Å². The molecule has 0 bridgehead atoms. The normalized spacial score (nSPS) is 13.3. The number of nitrogens with one attached hydrogen (secondary N) is 1. The fraction of sp³-hybridized carbons (Fsp3) is 0.400. The largest absolute Gasteiger partial charge is 0.439 e. The van der Waals surface area contributed by atoms with Gasteiger partial charge in [-0.3, -0.25) is 0 Å². The maximum Gasteiger partial charge on any atom is 0.322 e. The molecule has 1 saturated carbocycles. The SMILES string of the molecule is Cc1ccc(Oc2ccc(NC(=O)N(CCCCO)C3CC3)cn2)cc1. The van der Waals surface area contributed by atoms with Crippen molar-refractivity contribution >= 4 is 11.7 Å². The van der Waals surface area contributed by atoms with Gasteiger partial charge in [-0.1, -0.05) is 17.7 Å². The van der Waals surface area contributed by atoms with Gasteiger partial charge in [-0.2, -0.15) is 0 Å². The first-order chi connectivity index (χ1) is 12.7. The van der Waals surface area contributed by atoms with E-state index in [1.54, 1.807) is 18.3 Å². The number of amides is 2. The minimum absolute atomic E-state index is 0.112. The second-order valence-corrected chi connectivity index (χ2v) is 6.59. The van der Waals surface area contributed by atoms with E-state index in [0.29, 0.717) is 30.6 Å². The summed E-state index contributed by atoms with van der Waals surface area (Å²) in [6, 6.07) is 11.5. The van der Waals surface area contributed by atoms with Crippen molar-refractivity contribution in [1.29, 1.82) is 0 Å². The minimum Gasteiger partial charge on any atom is -0.439 e. The first-order valence-corrected chi connectivity index (χ1v) is 9.05. The maximum absolute atomic E-state index is 12.5. The summed E-state index contributed by atoms with van der Waals surface area (Å²) in [4.78, 5) is 18.6. The van der Waals surface area contributed by atoms with Gasteiger partial charge in [0.15, 0.2) is 0 Å². The standard InChI is InChI=1S/C20H25N3O3/c1-15-4-9-18(10-5-15)26-19-11-6-16(14-21-19)22-20(25)23(17-7-8-17)12-2-3-13-24/h4-6,9-11,14,17,24H,2-3,7-8,12-13H2,1H3,(H,22,25). The molecular formula is C20H25N3O3. The van der Waals surface area contributed by atoms with Crippen molar-refractivity contribution in [2.75, 3.05) is 18.5 Å². The maximum atomic E-state index is 12.5. The van der Waals surface area contributed by atoms with Crippen LogP contribution in [0.3, 0.4) is 0 Å². The molecule has 6 heteroatoms. The average molecular weight is 355 g/mol. The minimum atomic E-state index is -0.112. The average Bonchev–Trinajstić information content (AvgIpc) is 3.47. The molecule has 0 unspecified atom stereocenters. The number of aryl methyl sites for hydroxylation is 1. The molecule has 26 heavy (non-hydrogen) atoms. The lowest BCUT2D eigenvalue weighted by Gasteiger charge is -2.22. The number of aliphatic hydroxyl groups is 1. The van der Waals surface area contributed by atoms with E-state index >= 15 is 0 Å². The zero-order valence-electron chi connectivity index (χ0n) is 15.0. The third-order valence-corrected chi connectivity index (χ3v) is 4.29. The predicted molar refractivity (Wildman–Crippen MR) is 101 cm³/mol. The highest BCUT2D eigenvalue weighted by Crippen LogP contribution is 2.28. The Labute approximate surface area is 153 Å². The molecule has 138 valence electrons. The van der Waals surface area contributed by atoms with Crippen LogP contribution >= 0.6 is 0 Å². The van der Waals surface area contributed by atoms with Gasteiger partial charge in [0.25, 0.3) is 0 Å². The Bertz CT molecular complexity index is 712. The van der Waals surface area contributed by atoms with Crippen molar-refractivity contribution in [2.24, 2.45) is 0 Å². The summed E-state index contributed by atoms with van der Waals surface area (Å²) >= 11 is 0. The zero-order chi connectivity index (χ0) is 18.4. The number of urea groups is 1. The number of aliphatic hydroxyl groups excluding tert-OH is 1. The summed E-state index contributed by atoms with van der Waals surface area (Å²) < 4.78 is 5.70. The Balaban J connectivity index is 1.55. The van der Waals surface area contributed by atoms with Gasteiger partial charge in [-0.15, -0.1) is 0 Å². The molecule has 3 rings (SSSR count). The van der Waals surface area contributed by atoms with E-state index in [1.807, 2.05) is 36.1 Å². The summed E-state index contributed by atoms with van der Waals surface area (Å²) in [7, 11) is 0. The molecular weight excluding hydrogens is 330 g/mol. The van der Waals surface area contributed by atoms with Crippen LogP contribution in [0.2, 0.25) is 0 Å². The topological polar surface area (TPSA) is 74.7 Å². The summed E-state index contributed by atoms with van der Waals surface area (Å²) in [5.41, 5.74) is 1.81. The number of carbonyl (C=O) groups excluding carboxylic acids is 1. The molecule has 0 saturated heterocycles. The van der Waals surface area contributed by atoms with Crippen LogP contribution in [0.5, 0.6) is 11.6 Å². The Morgan fingerprint density at radius 3 is 2.62 bits per heavy atom. The summed E-state index contributed by atoms with van der Waals surface area (Å²) in [6.45, 7) is 2.85. The first kappa shape index (κ1) is 18.2. The molecule has 2 amide bonds. The summed E-state index contributed by atoms with van der Waals surface area (Å²) in [5.74, 6) is 1.21. The molecule has 0 spiro atoms. The Morgan fingerprint density at radius 1 is 1.23 bits per heavy atom. The highest BCUT2D eigenvalue weighted by Gasteiger charge is 2.32. The number of anilines is 1. The molecule has 1 aliphatic carbocycles. The lowest BCUT2D eigenvalue weighted by molar-refractivity contribution is 0.204. The number of ether oxygens (including phenoxy) is 1. The Hall–Kier alpha value is -2.60. The third kappa shape index (κ3) is 5.20. The number of hydrogen-bond acceptors (Lipinski definition) is 4. The molecule has 1 aliphatic rings. The molecule has 0 aliphatic heterocycles.